The summed E-state index contributed by atoms with van der Waals surface area (Å²) in [6.07, 6.45) is 0. The lowest BCUT2D eigenvalue weighted by Crippen LogP contribution is -2.29. The number of anilines is 1. The smallest absolute Gasteiger partial charge is 0.299 e. The lowest BCUT2D eigenvalue weighted by atomic mass is 10.1. The average Bonchev–Trinajstić information content (AvgIpc) is 2.74. The molecule has 1 aliphatic heterocycles. The van der Waals surface area contributed by atoms with Crippen molar-refractivity contribution in [1.82, 2.24) is 0 Å². The van der Waals surface area contributed by atoms with Gasteiger partial charge in [-0.05, 0) is 29.8 Å². The standard InChI is InChI=1S/C16H13NO3/c1-20-12-8-6-11(7-9-12)10-17-14-5-3-2-4-13(14)15(18)16(17)19/h2-9H,10H2,1H3. The van der Waals surface area contributed by atoms with Gasteiger partial charge in [0, 0.05) is 0 Å². The normalized spacial score (nSPS) is 13.6. The Kier molecular flexibility index (Phi) is 2.99. The largest absolute Gasteiger partial charge is 0.497 e. The van der Waals surface area contributed by atoms with Gasteiger partial charge in [-0.2, -0.15) is 0 Å². The van der Waals surface area contributed by atoms with Crippen molar-refractivity contribution >= 4 is 17.4 Å². The number of methoxy groups -OCH3 is 1. The Morgan fingerprint density at radius 2 is 1.70 bits per heavy atom. The van der Waals surface area contributed by atoms with E-state index in [1.54, 1.807) is 25.3 Å². The third-order valence-electron chi connectivity index (χ3n) is 3.38. The maximum Gasteiger partial charge on any atom is 0.299 e. The molecule has 100 valence electrons. The van der Waals surface area contributed by atoms with Gasteiger partial charge in [-0.1, -0.05) is 24.3 Å². The molecule has 1 aliphatic rings. The van der Waals surface area contributed by atoms with E-state index in [2.05, 4.69) is 0 Å². The first-order valence-electron chi connectivity index (χ1n) is 6.29. The molecule has 4 nitrogen and oxygen atoms in total. The van der Waals surface area contributed by atoms with Crippen LogP contribution in [0, 0.1) is 0 Å². The summed E-state index contributed by atoms with van der Waals surface area (Å²) in [7, 11) is 1.61. The van der Waals surface area contributed by atoms with Crippen molar-refractivity contribution in [1.29, 1.82) is 0 Å². The number of nitrogens with zero attached hydrogens (tertiary/aromatic N) is 1. The Hall–Kier alpha value is -2.62. The fourth-order valence-corrected chi connectivity index (χ4v) is 2.32. The van der Waals surface area contributed by atoms with Crippen LogP contribution in [0.5, 0.6) is 5.75 Å². The third-order valence-corrected chi connectivity index (χ3v) is 3.38. The highest BCUT2D eigenvalue weighted by molar-refractivity contribution is 6.52. The van der Waals surface area contributed by atoms with Gasteiger partial charge in [0.15, 0.2) is 0 Å². The number of carbonyl (C=O) groups excluding carboxylic acids is 2. The molecule has 0 saturated carbocycles. The lowest BCUT2D eigenvalue weighted by molar-refractivity contribution is -0.114. The molecule has 4 heteroatoms. The highest BCUT2D eigenvalue weighted by Crippen LogP contribution is 2.30. The second-order valence-corrected chi connectivity index (χ2v) is 4.59. The summed E-state index contributed by atoms with van der Waals surface area (Å²) in [5.41, 5.74) is 2.10. The molecule has 0 saturated heterocycles. The van der Waals surface area contributed by atoms with Crippen LogP contribution in [0.4, 0.5) is 5.69 Å². The van der Waals surface area contributed by atoms with E-state index in [0.29, 0.717) is 17.8 Å². The summed E-state index contributed by atoms with van der Waals surface area (Å²) in [5.74, 6) is -0.144. The number of hydrogen-bond donors (Lipinski definition) is 0. The molecular formula is C16H13NO3. The second-order valence-electron chi connectivity index (χ2n) is 4.59. The topological polar surface area (TPSA) is 46.6 Å². The van der Waals surface area contributed by atoms with E-state index in [1.807, 2.05) is 30.3 Å². The number of carbonyl (C=O) groups is 2. The van der Waals surface area contributed by atoms with Crippen LogP contribution in [0.25, 0.3) is 0 Å². The van der Waals surface area contributed by atoms with Crippen molar-refractivity contribution in [2.45, 2.75) is 6.54 Å². The van der Waals surface area contributed by atoms with Crippen molar-refractivity contribution in [2.75, 3.05) is 12.0 Å². The summed E-state index contributed by atoms with van der Waals surface area (Å²) >= 11 is 0. The minimum Gasteiger partial charge on any atom is -0.497 e. The van der Waals surface area contributed by atoms with Crippen LogP contribution in [0.3, 0.4) is 0 Å². The van der Waals surface area contributed by atoms with Crippen LogP contribution in [-0.2, 0) is 11.3 Å². The van der Waals surface area contributed by atoms with Crippen molar-refractivity contribution in [2.24, 2.45) is 0 Å². The predicted octanol–water partition coefficient (Wildman–Crippen LogP) is 2.42. The molecular weight excluding hydrogens is 254 g/mol. The Bertz CT molecular complexity index is 676. The Morgan fingerprint density at radius 3 is 2.40 bits per heavy atom. The number of hydrogen-bond acceptors (Lipinski definition) is 3. The summed E-state index contributed by atoms with van der Waals surface area (Å²) < 4.78 is 5.10. The molecule has 0 unspecified atom stereocenters. The zero-order chi connectivity index (χ0) is 14.1. The third kappa shape index (κ3) is 1.95. The molecule has 0 aromatic heterocycles. The van der Waals surface area contributed by atoms with Crippen molar-refractivity contribution in [3.05, 3.63) is 59.7 Å². The molecule has 2 aromatic carbocycles. The van der Waals surface area contributed by atoms with E-state index in [0.717, 1.165) is 11.3 Å². The quantitative estimate of drug-likeness (QED) is 0.802. The Morgan fingerprint density at radius 1 is 1.00 bits per heavy atom. The van der Waals surface area contributed by atoms with Gasteiger partial charge in [0.25, 0.3) is 11.7 Å². The number of ether oxygens (including phenoxy) is 1. The lowest BCUT2D eigenvalue weighted by Gasteiger charge is -2.16. The highest BCUT2D eigenvalue weighted by Gasteiger charge is 2.35. The molecule has 0 atom stereocenters. The Balaban J connectivity index is 1.90. The Labute approximate surface area is 116 Å². The fourth-order valence-electron chi connectivity index (χ4n) is 2.32. The van der Waals surface area contributed by atoms with Crippen LogP contribution in [-0.4, -0.2) is 18.8 Å². The van der Waals surface area contributed by atoms with Crippen LogP contribution in [0.2, 0.25) is 0 Å². The molecule has 0 aliphatic carbocycles. The van der Waals surface area contributed by atoms with Crippen LogP contribution in [0.15, 0.2) is 48.5 Å². The predicted molar refractivity (Wildman–Crippen MR) is 75.0 cm³/mol. The molecule has 0 N–H and O–H groups in total. The molecule has 1 heterocycles. The molecule has 0 bridgehead atoms. The van der Waals surface area contributed by atoms with Gasteiger partial charge in [0.2, 0.25) is 0 Å². The number of benzene rings is 2. The molecule has 0 spiro atoms. The van der Waals surface area contributed by atoms with E-state index < -0.39 is 11.7 Å². The summed E-state index contributed by atoms with van der Waals surface area (Å²) in [5, 5.41) is 0. The maximum atomic E-state index is 12.0. The number of fused-ring (bicyclic) bond motifs is 1. The summed E-state index contributed by atoms with van der Waals surface area (Å²) in [4.78, 5) is 25.4. The summed E-state index contributed by atoms with van der Waals surface area (Å²) in [6.45, 7) is 0.381. The molecule has 2 aromatic rings. The van der Waals surface area contributed by atoms with Gasteiger partial charge >= 0.3 is 0 Å². The first kappa shape index (κ1) is 12.4. The van der Waals surface area contributed by atoms with Gasteiger partial charge in [0.05, 0.1) is 24.9 Å². The van der Waals surface area contributed by atoms with Gasteiger partial charge in [-0.25, -0.2) is 0 Å². The van der Waals surface area contributed by atoms with E-state index in [-0.39, 0.29) is 0 Å². The fraction of sp³-hybridized carbons (Fsp3) is 0.125. The van der Waals surface area contributed by atoms with E-state index in [4.69, 9.17) is 4.74 Å². The van der Waals surface area contributed by atoms with E-state index in [1.165, 1.54) is 4.90 Å². The number of ketones is 1. The van der Waals surface area contributed by atoms with Gasteiger partial charge in [-0.3, -0.25) is 9.59 Å². The minimum absolute atomic E-state index is 0.381. The first-order chi connectivity index (χ1) is 9.70. The average molecular weight is 267 g/mol. The first-order valence-corrected chi connectivity index (χ1v) is 6.29. The van der Waals surface area contributed by atoms with Crippen molar-refractivity contribution in [3.8, 4) is 5.75 Å². The monoisotopic (exact) mass is 267 g/mol. The second kappa shape index (κ2) is 4.81. The molecule has 0 fully saturated rings. The zero-order valence-corrected chi connectivity index (χ0v) is 11.0. The summed E-state index contributed by atoms with van der Waals surface area (Å²) in [6, 6.07) is 14.5. The van der Waals surface area contributed by atoms with E-state index in [9.17, 15) is 9.59 Å². The van der Waals surface area contributed by atoms with Crippen LogP contribution >= 0.6 is 0 Å². The zero-order valence-electron chi connectivity index (χ0n) is 11.0. The van der Waals surface area contributed by atoms with Crippen LogP contribution in [0.1, 0.15) is 15.9 Å². The van der Waals surface area contributed by atoms with Gasteiger partial charge < -0.3 is 9.64 Å². The van der Waals surface area contributed by atoms with Crippen molar-refractivity contribution < 1.29 is 14.3 Å². The molecule has 1 amide bonds. The molecule has 0 radical (unpaired) electrons. The van der Waals surface area contributed by atoms with Gasteiger partial charge in [0.1, 0.15) is 5.75 Å². The molecule has 20 heavy (non-hydrogen) atoms. The SMILES string of the molecule is COc1ccc(CN2C(=O)C(=O)c3ccccc32)cc1. The highest BCUT2D eigenvalue weighted by atomic mass is 16.5. The van der Waals surface area contributed by atoms with Gasteiger partial charge in [-0.15, -0.1) is 0 Å². The maximum absolute atomic E-state index is 12.0. The minimum atomic E-state index is -0.470. The molecule has 3 rings (SSSR count). The number of para-hydroxylation sites is 1. The van der Waals surface area contributed by atoms with Crippen LogP contribution < -0.4 is 9.64 Å². The number of rotatable bonds is 3. The van der Waals surface area contributed by atoms with E-state index >= 15 is 0 Å². The number of Topliss-reactive ketones (excluding diaryl/α,β-unsaturated/α-hetero) is 1. The van der Waals surface area contributed by atoms with Crippen molar-refractivity contribution in [3.63, 3.8) is 0 Å². The number of amides is 1.